The summed E-state index contributed by atoms with van der Waals surface area (Å²) in [5.74, 6) is 0.778. The van der Waals surface area contributed by atoms with Crippen LogP contribution in [0, 0.1) is 0 Å². The quantitative estimate of drug-likeness (QED) is 0.448. The van der Waals surface area contributed by atoms with Crippen molar-refractivity contribution in [2.75, 3.05) is 18.8 Å². The van der Waals surface area contributed by atoms with Gasteiger partial charge < -0.3 is 9.72 Å². The molecule has 32 heavy (non-hydrogen) atoms. The molecule has 0 spiro atoms. The molecule has 0 saturated carbocycles. The first kappa shape index (κ1) is 22.9. The number of piperidine rings is 1. The zero-order chi connectivity index (χ0) is 22.9. The summed E-state index contributed by atoms with van der Waals surface area (Å²) in [7, 11) is -2.92. The zero-order valence-corrected chi connectivity index (χ0v) is 19.5. The van der Waals surface area contributed by atoms with Crippen LogP contribution in [0.4, 0.5) is 0 Å². The summed E-state index contributed by atoms with van der Waals surface area (Å²) in [6.45, 7) is 3.22. The molecule has 0 radical (unpaired) electrons. The number of carbonyl (C=O) groups excluding carboxylic acids is 1. The van der Waals surface area contributed by atoms with Gasteiger partial charge in [0.05, 0.1) is 5.52 Å². The van der Waals surface area contributed by atoms with Gasteiger partial charge in [0.25, 0.3) is 10.4 Å². The van der Waals surface area contributed by atoms with Gasteiger partial charge in [0.15, 0.2) is 5.75 Å². The Morgan fingerprint density at radius 2 is 1.97 bits per heavy atom. The molecule has 4 rings (SSSR count). The molecule has 170 valence electrons. The summed E-state index contributed by atoms with van der Waals surface area (Å²) in [6, 6.07) is 11.1. The maximum Gasteiger partial charge on any atom is 0.343 e. The van der Waals surface area contributed by atoms with Crippen LogP contribution in [-0.2, 0) is 21.2 Å². The van der Waals surface area contributed by atoms with Crippen LogP contribution in [0.5, 0.6) is 5.75 Å². The lowest BCUT2D eigenvalue weighted by atomic mass is 9.89. The monoisotopic (exact) mass is 477 g/mol. The Labute approximate surface area is 193 Å². The molecule has 1 aliphatic rings. The fourth-order valence-corrected chi connectivity index (χ4v) is 5.52. The molecule has 1 saturated heterocycles. The summed E-state index contributed by atoms with van der Waals surface area (Å²) in [5.41, 5.74) is 6.91. The number of amides is 1. The summed E-state index contributed by atoms with van der Waals surface area (Å²) < 4.78 is 30.1. The Balaban J connectivity index is 1.60. The smallest absolute Gasteiger partial charge is 0.343 e. The van der Waals surface area contributed by atoms with Gasteiger partial charge in [0.2, 0.25) is 0 Å². The first-order valence-corrected chi connectivity index (χ1v) is 12.7. The minimum atomic E-state index is -2.92. The maximum atomic E-state index is 12.3. The van der Waals surface area contributed by atoms with Gasteiger partial charge >= 0.3 is 5.91 Å². The van der Waals surface area contributed by atoms with E-state index >= 15 is 0 Å². The number of rotatable bonds is 7. The number of quaternary nitrogens is 1. The number of nitrogens with one attached hydrogen (secondary N) is 1. The molecule has 9 heteroatoms. The lowest BCUT2D eigenvalue weighted by Gasteiger charge is -2.29. The lowest BCUT2D eigenvalue weighted by molar-refractivity contribution is -0.254. The first-order valence-electron chi connectivity index (χ1n) is 10.7. The van der Waals surface area contributed by atoms with Crippen molar-refractivity contribution in [2.45, 2.75) is 32.3 Å². The molecule has 1 aliphatic heterocycles. The van der Waals surface area contributed by atoms with Crippen LogP contribution in [-0.4, -0.2) is 38.6 Å². The average molecular weight is 478 g/mol. The second-order valence-corrected chi connectivity index (χ2v) is 10.8. The molecule has 1 amide bonds. The van der Waals surface area contributed by atoms with E-state index < -0.39 is 10.4 Å². The van der Waals surface area contributed by atoms with E-state index in [1.54, 1.807) is 17.3 Å². The number of benzene rings is 2. The van der Waals surface area contributed by atoms with Gasteiger partial charge in [-0.25, -0.2) is 4.79 Å². The molecule has 2 heterocycles. The van der Waals surface area contributed by atoms with Crippen molar-refractivity contribution >= 4 is 38.8 Å². The molecule has 1 atom stereocenters. The Morgan fingerprint density at radius 3 is 2.59 bits per heavy atom. The summed E-state index contributed by atoms with van der Waals surface area (Å²) in [4.78, 5) is 15.5. The highest BCUT2D eigenvalue weighted by molar-refractivity contribution is 7.95. The number of nitrogens with zero attached hydrogens (tertiary/aromatic N) is 1. The molecule has 1 unspecified atom stereocenters. The second-order valence-electron chi connectivity index (χ2n) is 8.07. The highest BCUT2D eigenvalue weighted by atomic mass is 35.5. The minimum absolute atomic E-state index is 0.228. The van der Waals surface area contributed by atoms with Crippen molar-refractivity contribution in [3.05, 3.63) is 64.3 Å². The molecule has 2 aromatic carbocycles. The van der Waals surface area contributed by atoms with Crippen molar-refractivity contribution in [1.82, 2.24) is 9.29 Å². The Morgan fingerprint density at radius 1 is 1.28 bits per heavy atom. The minimum Gasteiger partial charge on any atom is -0.489 e. The third-order valence-corrected chi connectivity index (χ3v) is 8.26. The average Bonchev–Trinajstić information content (AvgIpc) is 3.22. The van der Waals surface area contributed by atoms with Gasteiger partial charge in [-0.3, -0.25) is 5.73 Å². The van der Waals surface area contributed by atoms with E-state index in [1.807, 2.05) is 36.5 Å². The van der Waals surface area contributed by atoms with Crippen LogP contribution < -0.4 is 10.5 Å². The van der Waals surface area contributed by atoms with Crippen LogP contribution in [0.1, 0.15) is 47.2 Å². The molecule has 0 bridgehead atoms. The molecule has 0 aliphatic carbocycles. The fourth-order valence-electron chi connectivity index (χ4n) is 4.25. The van der Waals surface area contributed by atoms with Gasteiger partial charge in [0.1, 0.15) is 17.9 Å². The third kappa shape index (κ3) is 4.74. The molecule has 5 N–H and O–H groups in total. The van der Waals surface area contributed by atoms with Crippen molar-refractivity contribution in [3.63, 3.8) is 0 Å². The van der Waals surface area contributed by atoms with Gasteiger partial charge in [0, 0.05) is 29.7 Å². The van der Waals surface area contributed by atoms with E-state index in [4.69, 9.17) is 16.3 Å². The largest absolute Gasteiger partial charge is 0.489 e. The van der Waals surface area contributed by atoms with Crippen molar-refractivity contribution in [1.29, 1.82) is 0 Å². The summed E-state index contributed by atoms with van der Waals surface area (Å²) in [5, 5.41) is 1.60. The van der Waals surface area contributed by atoms with Crippen LogP contribution in [0.3, 0.4) is 0 Å². The van der Waals surface area contributed by atoms with E-state index in [-0.39, 0.29) is 17.6 Å². The van der Waals surface area contributed by atoms with Crippen LogP contribution in [0.25, 0.3) is 10.9 Å². The number of aromatic amines is 1. The SMILES string of the molecule is CC[S+](=O)(O)N1CCC(c2c[nH]c3c(C([NH3+])=O)cc(OCc4ccc(Cl)cc4)cc23)CC1. The molecular formula is C23H28ClN3O4S+2. The van der Waals surface area contributed by atoms with Crippen LogP contribution >= 0.6 is 11.6 Å². The van der Waals surface area contributed by atoms with Gasteiger partial charge in [-0.1, -0.05) is 28.0 Å². The van der Waals surface area contributed by atoms with E-state index in [9.17, 15) is 13.6 Å². The highest BCUT2D eigenvalue weighted by Crippen LogP contribution is 2.37. The van der Waals surface area contributed by atoms with E-state index in [0.717, 1.165) is 34.9 Å². The number of aromatic nitrogens is 1. The first-order chi connectivity index (χ1) is 15.3. The van der Waals surface area contributed by atoms with Crippen molar-refractivity contribution < 1.29 is 24.0 Å². The third-order valence-electron chi connectivity index (χ3n) is 6.09. The topological polar surface area (TPSA) is 110 Å². The van der Waals surface area contributed by atoms with Crippen molar-refractivity contribution in [2.24, 2.45) is 0 Å². The Kier molecular flexibility index (Phi) is 6.69. The van der Waals surface area contributed by atoms with Gasteiger partial charge in [-0.2, -0.15) is 4.55 Å². The highest BCUT2D eigenvalue weighted by Gasteiger charge is 2.37. The molecule has 7 nitrogen and oxygen atoms in total. The number of H-pyrrole nitrogens is 1. The molecule has 3 aromatic rings. The molecule has 1 aromatic heterocycles. The lowest BCUT2D eigenvalue weighted by Crippen LogP contribution is -2.56. The number of ether oxygens (including phenoxy) is 1. The normalized spacial score (nSPS) is 17.4. The van der Waals surface area contributed by atoms with Crippen LogP contribution in [0.2, 0.25) is 5.02 Å². The van der Waals surface area contributed by atoms with Gasteiger partial charge in [-0.15, -0.1) is 0 Å². The second kappa shape index (κ2) is 9.33. The van der Waals surface area contributed by atoms with E-state index in [1.165, 1.54) is 0 Å². The number of carbonyl (C=O) groups is 1. The number of halogens is 1. The maximum absolute atomic E-state index is 12.3. The number of hydrogen-bond donors (Lipinski definition) is 3. The predicted molar refractivity (Wildman–Crippen MR) is 126 cm³/mol. The van der Waals surface area contributed by atoms with E-state index in [2.05, 4.69) is 10.7 Å². The van der Waals surface area contributed by atoms with Crippen LogP contribution in [0.15, 0.2) is 42.6 Å². The summed E-state index contributed by atoms with van der Waals surface area (Å²) >= 11 is 5.95. The fraction of sp³-hybridized carbons (Fsp3) is 0.348. The van der Waals surface area contributed by atoms with Gasteiger partial charge in [-0.05, 0) is 65.3 Å². The number of fused-ring (bicyclic) bond motifs is 1. The molecule has 1 fully saturated rings. The molecular weight excluding hydrogens is 450 g/mol. The zero-order valence-electron chi connectivity index (χ0n) is 18.0. The Bertz CT molecular complexity index is 1170. The number of hydrogen-bond acceptors (Lipinski definition) is 3. The van der Waals surface area contributed by atoms with Crippen molar-refractivity contribution in [3.8, 4) is 5.75 Å². The predicted octanol–water partition coefficient (Wildman–Crippen LogP) is 3.87. The van der Waals surface area contributed by atoms with E-state index in [0.29, 0.717) is 36.0 Å². The standard InChI is InChI=1S/C23H26ClN3O4S/c1-2-32(29,30)27-9-7-16(8-10-27)21-13-26-22-19(21)11-18(12-20(22)23(25)28)31-14-15-3-5-17(24)6-4-15/h3-6,11-13,16H,2,7-10,14H2,1H3,(H3-,25,26,28,29,30)/p+2. The Hall–Kier alpha value is -2.23. The summed E-state index contributed by atoms with van der Waals surface area (Å²) in [6.07, 6.45) is 3.48.